The standard InChI is InChI=1S/C19H11NO6/c1-8(21)26-12-7-9-3-2-6-20-17(9)16-15(12)18(24)13-10(22)4-5-11(23)14(13)19(16)25/h2-7,22-23H,1H3. The summed E-state index contributed by atoms with van der Waals surface area (Å²) in [5.74, 6) is -3.05. The molecule has 1 aliphatic rings. The van der Waals surface area contributed by atoms with Crippen LogP contribution in [0.2, 0.25) is 0 Å². The van der Waals surface area contributed by atoms with Crippen LogP contribution in [0.25, 0.3) is 10.9 Å². The van der Waals surface area contributed by atoms with Gasteiger partial charge in [-0.3, -0.25) is 19.4 Å². The van der Waals surface area contributed by atoms with Gasteiger partial charge in [-0.05, 0) is 24.3 Å². The Kier molecular flexibility index (Phi) is 3.27. The number of ether oxygens (including phenoxy) is 1. The molecule has 3 aromatic rings. The van der Waals surface area contributed by atoms with Gasteiger partial charge in [-0.1, -0.05) is 6.07 Å². The second-order valence-corrected chi connectivity index (χ2v) is 5.81. The number of esters is 1. The average Bonchev–Trinajstić information content (AvgIpc) is 2.60. The molecule has 0 unspecified atom stereocenters. The van der Waals surface area contributed by atoms with Gasteiger partial charge in [0.15, 0.2) is 0 Å². The molecule has 2 aromatic carbocycles. The number of aromatic hydroxyl groups is 2. The zero-order valence-corrected chi connectivity index (χ0v) is 13.4. The van der Waals surface area contributed by atoms with Gasteiger partial charge in [-0.2, -0.15) is 0 Å². The summed E-state index contributed by atoms with van der Waals surface area (Å²) in [5.41, 5.74) is -0.617. The fourth-order valence-electron chi connectivity index (χ4n) is 3.17. The molecule has 0 fully saturated rings. The predicted molar refractivity (Wildman–Crippen MR) is 89.7 cm³/mol. The Morgan fingerprint density at radius 2 is 1.58 bits per heavy atom. The Hall–Kier alpha value is -3.74. The van der Waals surface area contributed by atoms with Crippen LogP contribution in [-0.2, 0) is 4.79 Å². The van der Waals surface area contributed by atoms with E-state index in [0.29, 0.717) is 5.39 Å². The number of ketones is 2. The summed E-state index contributed by atoms with van der Waals surface area (Å²) in [4.78, 5) is 41.7. The van der Waals surface area contributed by atoms with E-state index in [0.717, 1.165) is 12.1 Å². The number of hydrogen-bond donors (Lipinski definition) is 2. The van der Waals surface area contributed by atoms with Crippen LogP contribution in [0.3, 0.4) is 0 Å². The van der Waals surface area contributed by atoms with Crippen molar-refractivity contribution in [3.63, 3.8) is 0 Å². The van der Waals surface area contributed by atoms with Crippen LogP contribution in [-0.4, -0.2) is 32.7 Å². The lowest BCUT2D eigenvalue weighted by molar-refractivity contribution is -0.131. The zero-order valence-electron chi connectivity index (χ0n) is 13.4. The van der Waals surface area contributed by atoms with Crippen LogP contribution in [0.15, 0.2) is 36.5 Å². The molecule has 0 amide bonds. The minimum Gasteiger partial charge on any atom is -0.507 e. The van der Waals surface area contributed by atoms with E-state index in [-0.39, 0.29) is 33.5 Å². The maximum atomic E-state index is 13.1. The van der Waals surface area contributed by atoms with Crippen molar-refractivity contribution in [3.8, 4) is 17.2 Å². The summed E-state index contributed by atoms with van der Waals surface area (Å²) in [6.45, 7) is 1.17. The van der Waals surface area contributed by atoms with E-state index in [4.69, 9.17) is 4.74 Å². The van der Waals surface area contributed by atoms with Gasteiger partial charge >= 0.3 is 5.97 Å². The van der Waals surface area contributed by atoms with Gasteiger partial charge in [-0.15, -0.1) is 0 Å². The number of carbonyl (C=O) groups excluding carboxylic acids is 3. The zero-order chi connectivity index (χ0) is 18.6. The van der Waals surface area contributed by atoms with E-state index in [1.54, 1.807) is 12.1 Å². The first-order valence-electron chi connectivity index (χ1n) is 7.64. The fourth-order valence-corrected chi connectivity index (χ4v) is 3.17. The molecule has 2 N–H and O–H groups in total. The van der Waals surface area contributed by atoms with Crippen molar-refractivity contribution in [1.29, 1.82) is 0 Å². The number of fused-ring (bicyclic) bond motifs is 4. The summed E-state index contributed by atoms with van der Waals surface area (Å²) in [6, 6.07) is 6.99. The third kappa shape index (κ3) is 2.07. The molecule has 0 bridgehead atoms. The Bertz CT molecular complexity index is 1150. The lowest BCUT2D eigenvalue weighted by atomic mass is 9.81. The number of phenols is 2. The van der Waals surface area contributed by atoms with Crippen LogP contribution in [0, 0.1) is 0 Å². The molecule has 7 heteroatoms. The molecule has 1 aromatic heterocycles. The number of nitrogens with zero attached hydrogens (tertiary/aromatic N) is 1. The number of phenolic OH excluding ortho intramolecular Hbond substituents is 2. The highest BCUT2D eigenvalue weighted by Gasteiger charge is 2.38. The van der Waals surface area contributed by atoms with Crippen molar-refractivity contribution in [2.45, 2.75) is 6.92 Å². The molecule has 128 valence electrons. The number of aromatic nitrogens is 1. The summed E-state index contributed by atoms with van der Waals surface area (Å²) >= 11 is 0. The monoisotopic (exact) mass is 349 g/mol. The summed E-state index contributed by atoms with van der Waals surface area (Å²) < 4.78 is 5.14. The third-order valence-corrected chi connectivity index (χ3v) is 4.18. The van der Waals surface area contributed by atoms with Gasteiger partial charge in [0.05, 0.1) is 27.8 Å². The lowest BCUT2D eigenvalue weighted by Gasteiger charge is -2.22. The van der Waals surface area contributed by atoms with Gasteiger partial charge in [0.1, 0.15) is 17.2 Å². The molecule has 7 nitrogen and oxygen atoms in total. The molecule has 0 radical (unpaired) electrons. The molecule has 0 atom stereocenters. The van der Waals surface area contributed by atoms with Crippen LogP contribution in [0.1, 0.15) is 38.8 Å². The second kappa shape index (κ2) is 5.38. The van der Waals surface area contributed by atoms with Gasteiger partial charge in [-0.25, -0.2) is 0 Å². The van der Waals surface area contributed by atoms with Crippen LogP contribution in [0.5, 0.6) is 17.2 Å². The predicted octanol–water partition coefficient (Wildman–Crippen LogP) is 2.35. The molecular formula is C19H11NO6. The molecule has 0 saturated heterocycles. The smallest absolute Gasteiger partial charge is 0.308 e. The van der Waals surface area contributed by atoms with Crippen LogP contribution >= 0.6 is 0 Å². The summed E-state index contributed by atoms with van der Waals surface area (Å²) in [5, 5.41) is 20.7. The van der Waals surface area contributed by atoms with Crippen LogP contribution in [0.4, 0.5) is 0 Å². The van der Waals surface area contributed by atoms with E-state index in [9.17, 15) is 24.6 Å². The maximum Gasteiger partial charge on any atom is 0.308 e. The van der Waals surface area contributed by atoms with Gasteiger partial charge < -0.3 is 14.9 Å². The van der Waals surface area contributed by atoms with Gasteiger partial charge in [0, 0.05) is 18.5 Å². The molecule has 0 spiro atoms. The third-order valence-electron chi connectivity index (χ3n) is 4.18. The average molecular weight is 349 g/mol. The lowest BCUT2D eigenvalue weighted by Crippen LogP contribution is -2.23. The van der Waals surface area contributed by atoms with E-state index in [1.165, 1.54) is 19.2 Å². The molecule has 26 heavy (non-hydrogen) atoms. The highest BCUT2D eigenvalue weighted by Crippen LogP contribution is 2.42. The summed E-state index contributed by atoms with van der Waals surface area (Å²) in [6.07, 6.45) is 1.46. The molecule has 1 aliphatic carbocycles. The Morgan fingerprint density at radius 3 is 2.19 bits per heavy atom. The number of hydrogen-bond acceptors (Lipinski definition) is 7. The fraction of sp³-hybridized carbons (Fsp3) is 0.0526. The Morgan fingerprint density at radius 1 is 0.962 bits per heavy atom. The quantitative estimate of drug-likeness (QED) is 0.308. The Balaban J connectivity index is 2.16. The van der Waals surface area contributed by atoms with Gasteiger partial charge in [0.25, 0.3) is 0 Å². The SMILES string of the molecule is CC(=O)Oc1cc2cccnc2c2c1C(=O)c1c(O)ccc(O)c1C2=O. The largest absolute Gasteiger partial charge is 0.507 e. The van der Waals surface area contributed by atoms with Crippen molar-refractivity contribution in [1.82, 2.24) is 4.98 Å². The first-order valence-corrected chi connectivity index (χ1v) is 7.64. The van der Waals surface area contributed by atoms with E-state index < -0.39 is 29.0 Å². The highest BCUT2D eigenvalue weighted by molar-refractivity contribution is 6.34. The normalized spacial score (nSPS) is 12.7. The van der Waals surface area contributed by atoms with Gasteiger partial charge in [0.2, 0.25) is 11.6 Å². The molecule has 0 saturated carbocycles. The number of rotatable bonds is 1. The summed E-state index contributed by atoms with van der Waals surface area (Å²) in [7, 11) is 0. The van der Waals surface area contributed by atoms with Crippen molar-refractivity contribution >= 4 is 28.4 Å². The first-order chi connectivity index (χ1) is 12.4. The number of benzene rings is 2. The topological polar surface area (TPSA) is 114 Å². The molecule has 1 heterocycles. The van der Waals surface area contributed by atoms with Crippen molar-refractivity contribution < 1.29 is 29.3 Å². The minimum atomic E-state index is -0.730. The maximum absolute atomic E-state index is 13.1. The second-order valence-electron chi connectivity index (χ2n) is 5.81. The molecule has 0 aliphatic heterocycles. The highest BCUT2D eigenvalue weighted by atomic mass is 16.5. The van der Waals surface area contributed by atoms with Crippen molar-refractivity contribution in [3.05, 3.63) is 58.8 Å². The molecule has 4 rings (SSSR count). The van der Waals surface area contributed by atoms with E-state index >= 15 is 0 Å². The minimum absolute atomic E-state index is 0.0715. The number of pyridine rings is 1. The van der Waals surface area contributed by atoms with E-state index in [2.05, 4.69) is 4.98 Å². The van der Waals surface area contributed by atoms with Crippen molar-refractivity contribution in [2.75, 3.05) is 0 Å². The van der Waals surface area contributed by atoms with E-state index in [1.807, 2.05) is 0 Å². The Labute approximate surface area is 146 Å². The van der Waals surface area contributed by atoms with Crippen LogP contribution < -0.4 is 4.74 Å². The first kappa shape index (κ1) is 15.8. The number of carbonyl (C=O) groups is 3. The molecular weight excluding hydrogens is 338 g/mol. The van der Waals surface area contributed by atoms with Crippen molar-refractivity contribution in [2.24, 2.45) is 0 Å².